The Labute approximate surface area is 187 Å². The SMILES string of the molecule is O=C(c1ccc2nccnc2c1)N1CCCC(N2CCN(c3cccc(Cl)c3)CC2)C1. The van der Waals surface area contributed by atoms with E-state index in [1.807, 2.05) is 41.3 Å². The van der Waals surface area contributed by atoms with Crippen molar-refractivity contribution in [2.75, 3.05) is 44.2 Å². The Bertz CT molecular complexity index is 1080. The molecule has 0 N–H and O–H groups in total. The fraction of sp³-hybridized carbons (Fsp3) is 0.375. The van der Waals surface area contributed by atoms with Crippen molar-refractivity contribution in [3.05, 3.63) is 65.4 Å². The summed E-state index contributed by atoms with van der Waals surface area (Å²) in [6, 6.07) is 14.1. The van der Waals surface area contributed by atoms with Crippen molar-refractivity contribution in [3.8, 4) is 0 Å². The van der Waals surface area contributed by atoms with Crippen LogP contribution >= 0.6 is 11.6 Å². The quantitative estimate of drug-likeness (QED) is 0.627. The van der Waals surface area contributed by atoms with Crippen molar-refractivity contribution in [1.82, 2.24) is 19.8 Å². The van der Waals surface area contributed by atoms with Gasteiger partial charge in [0.05, 0.1) is 11.0 Å². The van der Waals surface area contributed by atoms with Gasteiger partial charge in [-0.1, -0.05) is 17.7 Å². The van der Waals surface area contributed by atoms with Crippen LogP contribution in [0.4, 0.5) is 5.69 Å². The molecule has 31 heavy (non-hydrogen) atoms. The molecule has 2 saturated heterocycles. The van der Waals surface area contributed by atoms with Crippen LogP contribution in [0.1, 0.15) is 23.2 Å². The van der Waals surface area contributed by atoms with Gasteiger partial charge in [-0.05, 0) is 49.2 Å². The van der Waals surface area contributed by atoms with Gasteiger partial charge < -0.3 is 9.80 Å². The van der Waals surface area contributed by atoms with E-state index in [1.54, 1.807) is 12.4 Å². The first-order valence-electron chi connectivity index (χ1n) is 10.9. The molecule has 2 aliphatic rings. The van der Waals surface area contributed by atoms with Crippen LogP contribution in [0, 0.1) is 0 Å². The highest BCUT2D eigenvalue weighted by Gasteiger charge is 2.30. The highest BCUT2D eigenvalue weighted by atomic mass is 35.5. The van der Waals surface area contributed by atoms with Gasteiger partial charge in [-0.25, -0.2) is 0 Å². The summed E-state index contributed by atoms with van der Waals surface area (Å²) in [7, 11) is 0. The third kappa shape index (κ3) is 4.36. The molecule has 5 rings (SSSR count). The van der Waals surface area contributed by atoms with Crippen LogP contribution in [0.15, 0.2) is 54.9 Å². The van der Waals surface area contributed by atoms with Crippen molar-refractivity contribution < 1.29 is 4.79 Å². The third-order valence-corrected chi connectivity index (χ3v) is 6.64. The van der Waals surface area contributed by atoms with E-state index < -0.39 is 0 Å². The second kappa shape index (κ2) is 8.81. The molecule has 2 aliphatic heterocycles. The second-order valence-electron chi connectivity index (χ2n) is 8.31. The Morgan fingerprint density at radius 3 is 2.55 bits per heavy atom. The summed E-state index contributed by atoms with van der Waals surface area (Å²) in [5.74, 6) is 0.0924. The number of piperidine rings is 1. The molecule has 0 spiro atoms. The molecule has 6 nitrogen and oxygen atoms in total. The van der Waals surface area contributed by atoms with Crippen LogP contribution in [0.5, 0.6) is 0 Å². The number of fused-ring (bicyclic) bond motifs is 1. The van der Waals surface area contributed by atoms with Crippen molar-refractivity contribution >= 4 is 34.2 Å². The predicted molar refractivity (Wildman–Crippen MR) is 124 cm³/mol. The number of carbonyl (C=O) groups excluding carboxylic acids is 1. The topological polar surface area (TPSA) is 52.6 Å². The standard InChI is InChI=1S/C24H26ClN5O/c25-19-3-1-4-20(16-19)28-11-13-29(14-12-28)21-5-2-10-30(17-21)24(31)18-6-7-22-23(15-18)27-9-8-26-22/h1,3-4,6-9,15-16,21H,2,5,10-14,17H2. The zero-order valence-electron chi connectivity index (χ0n) is 17.5. The first-order valence-corrected chi connectivity index (χ1v) is 11.3. The molecule has 2 aromatic carbocycles. The lowest BCUT2D eigenvalue weighted by Crippen LogP contribution is -2.55. The molecule has 160 valence electrons. The normalized spacial score (nSPS) is 20.2. The van der Waals surface area contributed by atoms with E-state index in [1.165, 1.54) is 5.69 Å². The van der Waals surface area contributed by atoms with Crippen LogP contribution in [-0.2, 0) is 0 Å². The highest BCUT2D eigenvalue weighted by Crippen LogP contribution is 2.24. The van der Waals surface area contributed by atoms with Gasteiger partial charge in [0.15, 0.2) is 0 Å². The number of hydrogen-bond acceptors (Lipinski definition) is 5. The van der Waals surface area contributed by atoms with Gasteiger partial charge in [-0.3, -0.25) is 19.7 Å². The number of amides is 1. The minimum absolute atomic E-state index is 0.0924. The van der Waals surface area contributed by atoms with Gasteiger partial charge in [0.1, 0.15) is 0 Å². The lowest BCUT2D eigenvalue weighted by Gasteiger charge is -2.44. The Morgan fingerprint density at radius 1 is 0.935 bits per heavy atom. The van der Waals surface area contributed by atoms with Crippen molar-refractivity contribution in [2.45, 2.75) is 18.9 Å². The summed E-state index contributed by atoms with van der Waals surface area (Å²) >= 11 is 6.16. The lowest BCUT2D eigenvalue weighted by atomic mass is 10.0. The summed E-state index contributed by atoms with van der Waals surface area (Å²) in [5.41, 5.74) is 3.46. The largest absolute Gasteiger partial charge is 0.369 e. The number of hydrogen-bond donors (Lipinski definition) is 0. The highest BCUT2D eigenvalue weighted by molar-refractivity contribution is 6.30. The molecule has 1 amide bonds. The summed E-state index contributed by atoms with van der Waals surface area (Å²) < 4.78 is 0. The number of carbonyl (C=O) groups is 1. The van der Waals surface area contributed by atoms with Crippen LogP contribution in [0.3, 0.4) is 0 Å². The number of benzene rings is 2. The third-order valence-electron chi connectivity index (χ3n) is 6.40. The van der Waals surface area contributed by atoms with E-state index in [-0.39, 0.29) is 5.91 Å². The van der Waals surface area contributed by atoms with E-state index in [4.69, 9.17) is 11.6 Å². The number of likely N-dealkylation sites (tertiary alicyclic amines) is 1. The van der Waals surface area contributed by atoms with Crippen molar-refractivity contribution in [3.63, 3.8) is 0 Å². The Balaban J connectivity index is 1.22. The molecule has 3 aromatic rings. The number of nitrogens with zero attached hydrogens (tertiary/aromatic N) is 5. The minimum atomic E-state index is 0.0924. The fourth-order valence-corrected chi connectivity index (χ4v) is 4.92. The Morgan fingerprint density at radius 2 is 1.74 bits per heavy atom. The average molecular weight is 436 g/mol. The molecule has 0 bridgehead atoms. The van der Waals surface area contributed by atoms with Crippen molar-refractivity contribution in [1.29, 1.82) is 0 Å². The van der Waals surface area contributed by atoms with Gasteiger partial charge >= 0.3 is 0 Å². The van der Waals surface area contributed by atoms with Crippen LogP contribution < -0.4 is 4.90 Å². The smallest absolute Gasteiger partial charge is 0.253 e. The van der Waals surface area contributed by atoms with Gasteiger partial charge in [0, 0.05) is 74.0 Å². The van der Waals surface area contributed by atoms with Crippen LogP contribution in [0.2, 0.25) is 5.02 Å². The zero-order valence-corrected chi connectivity index (χ0v) is 18.2. The fourth-order valence-electron chi connectivity index (χ4n) is 4.73. The number of halogens is 1. The summed E-state index contributed by atoms with van der Waals surface area (Å²) in [4.78, 5) is 28.8. The molecule has 2 fully saturated rings. The molecule has 0 saturated carbocycles. The summed E-state index contributed by atoms with van der Waals surface area (Å²) in [5, 5.41) is 0.779. The first kappa shape index (κ1) is 20.2. The molecule has 3 heterocycles. The molecular weight excluding hydrogens is 410 g/mol. The molecule has 1 unspecified atom stereocenters. The summed E-state index contributed by atoms with van der Waals surface area (Å²) in [6.07, 6.45) is 5.52. The van der Waals surface area contributed by atoms with Gasteiger partial charge in [0.25, 0.3) is 5.91 Å². The molecule has 1 aromatic heterocycles. The average Bonchev–Trinajstić information content (AvgIpc) is 2.83. The Kier molecular flexibility index (Phi) is 5.74. The van der Waals surface area contributed by atoms with Gasteiger partial charge in [-0.15, -0.1) is 0 Å². The zero-order chi connectivity index (χ0) is 21.2. The number of rotatable bonds is 3. The predicted octanol–water partition coefficient (Wildman–Crippen LogP) is 3.71. The van der Waals surface area contributed by atoms with Crippen molar-refractivity contribution in [2.24, 2.45) is 0 Å². The number of anilines is 1. The van der Waals surface area contributed by atoms with Crippen LogP contribution in [0.25, 0.3) is 11.0 Å². The number of piperazine rings is 1. The lowest BCUT2D eigenvalue weighted by molar-refractivity contribution is 0.0563. The van der Waals surface area contributed by atoms with E-state index in [2.05, 4.69) is 25.8 Å². The molecular formula is C24H26ClN5O. The second-order valence-corrected chi connectivity index (χ2v) is 8.75. The molecule has 1 atom stereocenters. The number of aromatic nitrogens is 2. The maximum Gasteiger partial charge on any atom is 0.253 e. The molecule has 7 heteroatoms. The minimum Gasteiger partial charge on any atom is -0.369 e. The van der Waals surface area contributed by atoms with Crippen LogP contribution in [-0.4, -0.2) is 71.0 Å². The monoisotopic (exact) mass is 435 g/mol. The molecule has 0 aliphatic carbocycles. The van der Waals surface area contributed by atoms with E-state index in [9.17, 15) is 4.79 Å². The molecule has 0 radical (unpaired) electrons. The summed E-state index contributed by atoms with van der Waals surface area (Å²) in [6.45, 7) is 5.57. The van der Waals surface area contributed by atoms with E-state index in [0.717, 1.165) is 68.2 Å². The maximum atomic E-state index is 13.2. The van der Waals surface area contributed by atoms with Gasteiger partial charge in [0.2, 0.25) is 0 Å². The van der Waals surface area contributed by atoms with E-state index >= 15 is 0 Å². The maximum absolute atomic E-state index is 13.2. The van der Waals surface area contributed by atoms with Gasteiger partial charge in [-0.2, -0.15) is 0 Å². The Hall–Kier alpha value is -2.70. The van der Waals surface area contributed by atoms with E-state index in [0.29, 0.717) is 11.6 Å². The first-order chi connectivity index (χ1) is 15.2.